The van der Waals surface area contributed by atoms with Crippen LogP contribution < -0.4 is 21.5 Å². The summed E-state index contributed by atoms with van der Waals surface area (Å²) in [6.07, 6.45) is 1.14. The molecule has 0 aliphatic heterocycles. The van der Waals surface area contributed by atoms with Crippen LogP contribution >= 0.6 is 12.4 Å². The van der Waals surface area contributed by atoms with Crippen LogP contribution in [-0.4, -0.2) is 47.8 Å². The summed E-state index contributed by atoms with van der Waals surface area (Å²) < 4.78 is 5.84. The van der Waals surface area contributed by atoms with Gasteiger partial charge in [0.05, 0.1) is 12.6 Å². The average molecular weight is 581 g/mol. The van der Waals surface area contributed by atoms with Gasteiger partial charge in [0.15, 0.2) is 0 Å². The lowest BCUT2D eigenvalue weighted by Gasteiger charge is -2.28. The summed E-state index contributed by atoms with van der Waals surface area (Å²) >= 11 is 0. The van der Waals surface area contributed by atoms with Gasteiger partial charge in [0.2, 0.25) is 11.8 Å². The number of rotatable bonds is 14. The van der Waals surface area contributed by atoms with E-state index < -0.39 is 29.8 Å². The number of amides is 3. The zero-order valence-electron chi connectivity index (χ0n) is 23.7. The van der Waals surface area contributed by atoms with Gasteiger partial charge in [-0.2, -0.15) is 0 Å². The molecule has 0 spiro atoms. The zero-order chi connectivity index (χ0) is 28.9. The first-order chi connectivity index (χ1) is 19.3. The Labute approximate surface area is 248 Å². The molecule has 3 aromatic rings. The van der Waals surface area contributed by atoms with Crippen LogP contribution in [0.3, 0.4) is 0 Å². The highest BCUT2D eigenvalue weighted by atomic mass is 35.5. The van der Waals surface area contributed by atoms with E-state index >= 15 is 0 Å². The van der Waals surface area contributed by atoms with E-state index in [-0.39, 0.29) is 31.4 Å². The minimum atomic E-state index is -0.890. The number of halogens is 1. The van der Waals surface area contributed by atoms with E-state index in [9.17, 15) is 14.4 Å². The molecule has 0 aromatic heterocycles. The number of nitrogens with zero attached hydrogens (tertiary/aromatic N) is 1. The van der Waals surface area contributed by atoms with Crippen molar-refractivity contribution in [2.75, 3.05) is 13.1 Å². The molecule has 41 heavy (non-hydrogen) atoms. The van der Waals surface area contributed by atoms with Gasteiger partial charge in [-0.15, -0.1) is 12.4 Å². The predicted molar refractivity (Wildman–Crippen MR) is 163 cm³/mol. The quantitative estimate of drug-likeness (QED) is 0.267. The summed E-state index contributed by atoms with van der Waals surface area (Å²) in [5.74, 6) is -0.589. The lowest BCUT2D eigenvalue weighted by Crippen LogP contribution is -2.55. The molecule has 3 rings (SSSR count). The Balaban J connectivity index is 0.00000588. The number of carbonyl (C=O) groups excluding carboxylic acids is 3. The largest absolute Gasteiger partial charge is 0.489 e. The molecule has 220 valence electrons. The summed E-state index contributed by atoms with van der Waals surface area (Å²) in [7, 11) is 0. The molecule has 0 heterocycles. The normalized spacial score (nSPS) is 12.1. The zero-order valence-corrected chi connectivity index (χ0v) is 24.5. The Bertz CT molecular complexity index is 1220. The molecule has 2 unspecified atom stereocenters. The summed E-state index contributed by atoms with van der Waals surface area (Å²) in [4.78, 5) is 40.4. The van der Waals surface area contributed by atoms with E-state index in [0.29, 0.717) is 25.9 Å². The Morgan fingerprint density at radius 1 is 0.854 bits per heavy atom. The third-order valence-electron chi connectivity index (χ3n) is 6.49. The van der Waals surface area contributed by atoms with Crippen LogP contribution in [0.15, 0.2) is 84.9 Å². The number of ether oxygens (including phenoxy) is 1. The minimum absolute atomic E-state index is 0. The van der Waals surface area contributed by atoms with Crippen LogP contribution in [-0.2, 0) is 33.8 Å². The molecular weight excluding hydrogens is 540 g/mol. The van der Waals surface area contributed by atoms with Crippen molar-refractivity contribution in [1.29, 1.82) is 0 Å². The molecule has 5 N–H and O–H groups in total. The van der Waals surface area contributed by atoms with E-state index in [1.807, 2.05) is 98.8 Å². The number of carbonyl (C=O) groups is 3. The Hall–Kier alpha value is -3.72. The Morgan fingerprint density at radius 2 is 1.44 bits per heavy atom. The van der Waals surface area contributed by atoms with Crippen molar-refractivity contribution in [3.05, 3.63) is 102 Å². The van der Waals surface area contributed by atoms with E-state index in [1.54, 1.807) is 0 Å². The summed E-state index contributed by atoms with van der Waals surface area (Å²) in [5, 5.41) is 2.80. The highest BCUT2D eigenvalue weighted by Gasteiger charge is 2.31. The van der Waals surface area contributed by atoms with Gasteiger partial charge in [-0.05, 0) is 54.0 Å². The van der Waals surface area contributed by atoms with Crippen molar-refractivity contribution < 1.29 is 19.1 Å². The standard InChI is InChI=1S/C32H40N4O4.ClH/c1-23(2)19-29(35-31(38)28(34)20-25-9-5-3-6-10-25)32(39)36(30(37)21-33)18-17-24-13-15-27(16-14-24)40-22-26-11-7-4-8-12-26;/h3-16,23,28-29H,17-22,33-34H2,1-2H3,(H,35,38);1H. The lowest BCUT2D eigenvalue weighted by atomic mass is 10.0. The van der Waals surface area contributed by atoms with Crippen LogP contribution in [0.2, 0.25) is 0 Å². The first-order valence-corrected chi connectivity index (χ1v) is 13.7. The van der Waals surface area contributed by atoms with Crippen LogP contribution in [0.4, 0.5) is 0 Å². The van der Waals surface area contributed by atoms with E-state index in [1.165, 1.54) is 0 Å². The molecule has 3 aromatic carbocycles. The maximum Gasteiger partial charge on any atom is 0.251 e. The molecule has 0 saturated carbocycles. The van der Waals surface area contributed by atoms with Crippen molar-refractivity contribution in [2.24, 2.45) is 17.4 Å². The fourth-order valence-electron chi connectivity index (χ4n) is 4.32. The lowest BCUT2D eigenvalue weighted by molar-refractivity contribution is -0.147. The monoisotopic (exact) mass is 580 g/mol. The Kier molecular flexibility index (Phi) is 14.0. The van der Waals surface area contributed by atoms with E-state index in [4.69, 9.17) is 16.2 Å². The number of imide groups is 1. The number of hydrogen-bond donors (Lipinski definition) is 3. The second-order valence-corrected chi connectivity index (χ2v) is 10.2. The molecular formula is C32H41ClN4O4. The second kappa shape index (κ2) is 17.2. The fourth-order valence-corrected chi connectivity index (χ4v) is 4.32. The molecule has 0 radical (unpaired) electrons. The Morgan fingerprint density at radius 3 is 2.00 bits per heavy atom. The summed E-state index contributed by atoms with van der Waals surface area (Å²) in [5.41, 5.74) is 14.7. The van der Waals surface area contributed by atoms with Crippen LogP contribution in [0, 0.1) is 5.92 Å². The van der Waals surface area contributed by atoms with Gasteiger partial charge in [0.25, 0.3) is 5.91 Å². The van der Waals surface area contributed by atoms with Crippen molar-refractivity contribution in [1.82, 2.24) is 10.2 Å². The minimum Gasteiger partial charge on any atom is -0.489 e. The van der Waals surface area contributed by atoms with Gasteiger partial charge in [-0.1, -0.05) is 86.6 Å². The molecule has 9 heteroatoms. The van der Waals surface area contributed by atoms with Gasteiger partial charge in [0, 0.05) is 6.54 Å². The maximum atomic E-state index is 13.6. The molecule has 0 aliphatic carbocycles. The second-order valence-electron chi connectivity index (χ2n) is 10.2. The summed E-state index contributed by atoms with van der Waals surface area (Å²) in [6, 6.07) is 25.2. The van der Waals surface area contributed by atoms with Gasteiger partial charge in [0.1, 0.15) is 18.4 Å². The molecule has 3 amide bonds. The number of hydrogen-bond acceptors (Lipinski definition) is 6. The highest BCUT2D eigenvalue weighted by molar-refractivity contribution is 6.00. The third kappa shape index (κ3) is 11.0. The molecule has 0 aliphatic rings. The van der Waals surface area contributed by atoms with E-state index in [2.05, 4.69) is 5.32 Å². The average Bonchev–Trinajstić information content (AvgIpc) is 2.96. The molecule has 0 bridgehead atoms. The number of nitrogens with one attached hydrogen (secondary N) is 1. The smallest absolute Gasteiger partial charge is 0.251 e. The van der Waals surface area contributed by atoms with Crippen molar-refractivity contribution in [3.8, 4) is 5.75 Å². The SMILES string of the molecule is CC(C)CC(NC(=O)C(N)Cc1ccccc1)C(=O)N(CCc1ccc(OCc2ccccc2)cc1)C(=O)CN.Cl. The topological polar surface area (TPSA) is 128 Å². The van der Waals surface area contributed by atoms with E-state index in [0.717, 1.165) is 27.3 Å². The van der Waals surface area contributed by atoms with Crippen LogP contribution in [0.25, 0.3) is 0 Å². The van der Waals surface area contributed by atoms with Crippen LogP contribution in [0.1, 0.15) is 37.0 Å². The van der Waals surface area contributed by atoms with Gasteiger partial charge < -0.3 is 21.5 Å². The fraction of sp³-hybridized carbons (Fsp3) is 0.344. The molecule has 0 fully saturated rings. The number of benzene rings is 3. The van der Waals surface area contributed by atoms with Crippen molar-refractivity contribution >= 4 is 30.1 Å². The third-order valence-corrected chi connectivity index (χ3v) is 6.49. The highest BCUT2D eigenvalue weighted by Crippen LogP contribution is 2.16. The maximum absolute atomic E-state index is 13.6. The summed E-state index contributed by atoms with van der Waals surface area (Å²) in [6.45, 7) is 4.19. The first-order valence-electron chi connectivity index (χ1n) is 13.7. The van der Waals surface area contributed by atoms with Gasteiger partial charge in [-0.3, -0.25) is 19.3 Å². The van der Waals surface area contributed by atoms with Crippen molar-refractivity contribution in [3.63, 3.8) is 0 Å². The predicted octanol–water partition coefficient (Wildman–Crippen LogP) is 3.64. The van der Waals surface area contributed by atoms with Gasteiger partial charge in [-0.25, -0.2) is 0 Å². The molecule has 8 nitrogen and oxygen atoms in total. The van der Waals surface area contributed by atoms with Crippen molar-refractivity contribution in [2.45, 2.75) is 51.8 Å². The molecule has 2 atom stereocenters. The first kappa shape index (κ1) is 33.5. The van der Waals surface area contributed by atoms with Crippen LogP contribution in [0.5, 0.6) is 5.75 Å². The number of nitrogens with two attached hydrogens (primary N) is 2. The molecule has 0 saturated heterocycles. The van der Waals surface area contributed by atoms with Gasteiger partial charge >= 0.3 is 0 Å².